The van der Waals surface area contributed by atoms with Crippen LogP contribution in [0.25, 0.3) is 0 Å². The first-order chi connectivity index (χ1) is 19.5. The highest BCUT2D eigenvalue weighted by atomic mass is 32.2. The molecule has 13 heteroatoms. The number of benzene rings is 3. The lowest BCUT2D eigenvalue weighted by Gasteiger charge is -2.38. The zero-order valence-electron chi connectivity index (χ0n) is 23.5. The van der Waals surface area contributed by atoms with E-state index in [1.54, 1.807) is 24.3 Å². The number of hydrogen-bond acceptors (Lipinski definition) is 6. The summed E-state index contributed by atoms with van der Waals surface area (Å²) in [5.74, 6) is -3.94. The van der Waals surface area contributed by atoms with Crippen molar-refractivity contribution in [3.05, 3.63) is 82.4 Å². The first-order valence-electron chi connectivity index (χ1n) is 12.8. The third-order valence-electron chi connectivity index (χ3n) is 7.07. The minimum Gasteiger partial charge on any atom is -0.478 e. The second kappa shape index (κ2) is 12.7. The van der Waals surface area contributed by atoms with Crippen molar-refractivity contribution in [2.45, 2.75) is 38.8 Å². The largest absolute Gasteiger partial charge is 0.490 e. The van der Waals surface area contributed by atoms with E-state index in [1.807, 2.05) is 13.8 Å². The smallest absolute Gasteiger partial charge is 0.478 e. The van der Waals surface area contributed by atoms with Gasteiger partial charge in [-0.25, -0.2) is 18.0 Å². The Bertz CT molecular complexity index is 1580. The maximum atomic E-state index is 12.9. The van der Waals surface area contributed by atoms with Gasteiger partial charge in [0.1, 0.15) is 0 Å². The van der Waals surface area contributed by atoms with Crippen molar-refractivity contribution in [1.29, 1.82) is 0 Å². The van der Waals surface area contributed by atoms with E-state index in [2.05, 4.69) is 46.6 Å². The Balaban J connectivity index is 0.000000616. The number of halogens is 3. The highest BCUT2D eigenvalue weighted by molar-refractivity contribution is 7.92. The van der Waals surface area contributed by atoms with E-state index < -0.39 is 28.1 Å². The van der Waals surface area contributed by atoms with Crippen LogP contribution in [0.3, 0.4) is 0 Å². The van der Waals surface area contributed by atoms with Gasteiger partial charge in [-0.05, 0) is 86.3 Å². The van der Waals surface area contributed by atoms with Gasteiger partial charge in [0.2, 0.25) is 0 Å². The predicted octanol–water partition coefficient (Wildman–Crippen LogP) is 5.38. The summed E-state index contributed by atoms with van der Waals surface area (Å²) in [6.45, 7) is 11.1. The van der Waals surface area contributed by atoms with Crippen molar-refractivity contribution in [2.24, 2.45) is 0 Å². The van der Waals surface area contributed by atoms with Crippen LogP contribution in [0.5, 0.6) is 0 Å². The van der Waals surface area contributed by atoms with Crippen molar-refractivity contribution in [1.82, 2.24) is 0 Å². The number of aryl methyl sites for hydroxylation is 3. The average molecular weight is 608 g/mol. The maximum absolute atomic E-state index is 12.9. The lowest BCUT2D eigenvalue weighted by atomic mass is 10.1. The third-order valence-corrected chi connectivity index (χ3v) is 8.43. The van der Waals surface area contributed by atoms with Crippen molar-refractivity contribution < 1.29 is 41.4 Å². The normalized spacial score (nSPS) is 13.7. The topological polar surface area (TPSA) is 127 Å². The number of anilines is 3. The van der Waals surface area contributed by atoms with Crippen molar-refractivity contribution in [3.8, 4) is 0 Å². The molecular weight excluding hydrogens is 575 g/mol. The number of alkyl halides is 3. The van der Waals surface area contributed by atoms with Gasteiger partial charge in [-0.15, -0.1) is 0 Å². The van der Waals surface area contributed by atoms with Gasteiger partial charge >= 0.3 is 18.1 Å². The lowest BCUT2D eigenvalue weighted by molar-refractivity contribution is -0.192. The number of hydrogen-bond donors (Lipinski definition) is 3. The number of carbonyl (C=O) groups is 2. The van der Waals surface area contributed by atoms with E-state index in [0.29, 0.717) is 0 Å². The molecule has 0 bridgehead atoms. The van der Waals surface area contributed by atoms with Gasteiger partial charge in [0.15, 0.2) is 0 Å². The zero-order valence-corrected chi connectivity index (χ0v) is 24.3. The number of nitrogens with one attached hydrogen (secondary N) is 1. The number of piperazine rings is 1. The molecule has 4 rings (SSSR count). The summed E-state index contributed by atoms with van der Waals surface area (Å²) in [4.78, 5) is 25.5. The number of aliphatic carboxylic acids is 1. The Hall–Kier alpha value is -4.26. The third kappa shape index (κ3) is 7.72. The van der Waals surface area contributed by atoms with Crippen LogP contribution in [0.1, 0.15) is 32.6 Å². The van der Waals surface area contributed by atoms with Crippen LogP contribution in [0.15, 0.2) is 59.5 Å². The molecular formula is C29H32F3N3O6S. The molecule has 0 atom stereocenters. The quantitative estimate of drug-likeness (QED) is 0.341. The highest BCUT2D eigenvalue weighted by Crippen LogP contribution is 2.29. The first-order valence-corrected chi connectivity index (χ1v) is 14.3. The van der Waals surface area contributed by atoms with Crippen LogP contribution in [-0.2, 0) is 14.8 Å². The summed E-state index contributed by atoms with van der Waals surface area (Å²) in [5.41, 5.74) is 6.33. The number of rotatable bonds is 6. The molecule has 0 aromatic heterocycles. The SMILES string of the molecule is Cc1ccc(S(=O)(=O)Nc2ccc(N3CCN(c4cccc(C)c4C)CC3)cc2C(=O)O)cc1C.O=C(O)C(F)(F)F. The van der Waals surface area contributed by atoms with Crippen LogP contribution < -0.4 is 14.5 Å². The molecule has 0 unspecified atom stereocenters. The van der Waals surface area contributed by atoms with Crippen LogP contribution in [-0.4, -0.2) is 62.9 Å². The van der Waals surface area contributed by atoms with Gasteiger partial charge < -0.3 is 20.0 Å². The van der Waals surface area contributed by atoms with Crippen LogP contribution in [0.2, 0.25) is 0 Å². The minimum atomic E-state index is -5.08. The fourth-order valence-corrected chi connectivity index (χ4v) is 5.53. The lowest BCUT2D eigenvalue weighted by Crippen LogP contribution is -2.46. The molecule has 1 saturated heterocycles. The number of aromatic carboxylic acids is 1. The van der Waals surface area contributed by atoms with E-state index in [0.717, 1.165) is 43.0 Å². The van der Waals surface area contributed by atoms with Gasteiger partial charge in [-0.3, -0.25) is 4.72 Å². The van der Waals surface area contributed by atoms with Crippen molar-refractivity contribution in [3.63, 3.8) is 0 Å². The Morgan fingerprint density at radius 3 is 1.95 bits per heavy atom. The Morgan fingerprint density at radius 1 is 0.810 bits per heavy atom. The van der Waals surface area contributed by atoms with Gasteiger partial charge in [-0.1, -0.05) is 18.2 Å². The fourth-order valence-electron chi connectivity index (χ4n) is 4.36. The summed E-state index contributed by atoms with van der Waals surface area (Å²) in [5, 5.41) is 16.9. The van der Waals surface area contributed by atoms with Gasteiger partial charge in [-0.2, -0.15) is 13.2 Å². The van der Waals surface area contributed by atoms with E-state index in [-0.39, 0.29) is 16.1 Å². The van der Waals surface area contributed by atoms with E-state index in [4.69, 9.17) is 9.90 Å². The molecule has 9 nitrogen and oxygen atoms in total. The molecule has 3 N–H and O–H groups in total. The summed E-state index contributed by atoms with van der Waals surface area (Å²) >= 11 is 0. The van der Waals surface area contributed by atoms with Gasteiger partial charge in [0.25, 0.3) is 10.0 Å². The zero-order chi connectivity index (χ0) is 31.4. The van der Waals surface area contributed by atoms with Gasteiger partial charge in [0.05, 0.1) is 16.1 Å². The molecule has 1 heterocycles. The van der Waals surface area contributed by atoms with Crippen molar-refractivity contribution in [2.75, 3.05) is 40.7 Å². The molecule has 1 aliphatic rings. The molecule has 226 valence electrons. The monoisotopic (exact) mass is 607 g/mol. The van der Waals surface area contributed by atoms with Crippen molar-refractivity contribution >= 4 is 39.0 Å². The molecule has 0 amide bonds. The van der Waals surface area contributed by atoms with E-state index in [1.165, 1.54) is 28.9 Å². The predicted molar refractivity (Wildman–Crippen MR) is 154 cm³/mol. The molecule has 0 saturated carbocycles. The minimum absolute atomic E-state index is 0.0495. The van der Waals surface area contributed by atoms with Crippen LogP contribution >= 0.6 is 0 Å². The summed E-state index contributed by atoms with van der Waals surface area (Å²) in [6, 6.07) is 16.0. The fraction of sp³-hybridized carbons (Fsp3) is 0.310. The van der Waals surface area contributed by atoms with E-state index >= 15 is 0 Å². The van der Waals surface area contributed by atoms with Crippen LogP contribution in [0, 0.1) is 27.7 Å². The summed E-state index contributed by atoms with van der Waals surface area (Å²) in [6.07, 6.45) is -5.08. The average Bonchev–Trinajstić information content (AvgIpc) is 2.91. The first kappa shape index (κ1) is 32.3. The number of nitrogens with zero attached hydrogens (tertiary/aromatic N) is 2. The second-order valence-electron chi connectivity index (χ2n) is 9.88. The Labute approximate surface area is 242 Å². The van der Waals surface area contributed by atoms with Crippen LogP contribution in [0.4, 0.5) is 30.2 Å². The number of carboxylic acids is 2. The number of sulfonamides is 1. The Morgan fingerprint density at radius 2 is 1.40 bits per heavy atom. The summed E-state index contributed by atoms with van der Waals surface area (Å²) in [7, 11) is -3.93. The standard InChI is InChI=1S/C27H31N3O4S.C2HF3O2/c1-18-8-10-23(16-20(18)3)35(33,34)28-25-11-9-22(17-24(25)27(31)32)29-12-14-30(15-13-29)26-7-5-6-19(2)21(26)4;3-2(4,5)1(6)7/h5-11,16-17,28H,12-15H2,1-4H3,(H,31,32);(H,6,7). The molecule has 3 aromatic rings. The molecule has 42 heavy (non-hydrogen) atoms. The summed E-state index contributed by atoms with van der Waals surface area (Å²) < 4.78 is 60.1. The molecule has 0 aliphatic carbocycles. The Kier molecular flexibility index (Phi) is 9.77. The van der Waals surface area contributed by atoms with Gasteiger partial charge in [0, 0.05) is 37.6 Å². The molecule has 1 fully saturated rings. The molecule has 0 spiro atoms. The molecule has 3 aromatic carbocycles. The maximum Gasteiger partial charge on any atom is 0.490 e. The number of carboxylic acid groups (broad SMARTS) is 2. The second-order valence-corrected chi connectivity index (χ2v) is 11.6. The highest BCUT2D eigenvalue weighted by Gasteiger charge is 2.38. The van der Waals surface area contributed by atoms with E-state index in [9.17, 15) is 31.5 Å². The molecule has 1 aliphatic heterocycles. The molecule has 0 radical (unpaired) electrons.